The van der Waals surface area contributed by atoms with Crippen molar-refractivity contribution in [1.29, 1.82) is 0 Å². The van der Waals surface area contributed by atoms with E-state index in [1.165, 1.54) is 16.1 Å². The molecule has 1 aliphatic rings. The summed E-state index contributed by atoms with van der Waals surface area (Å²) in [5, 5.41) is 0. The Kier molecular flexibility index (Phi) is 3.20. The Hall–Kier alpha value is -1.19. The van der Waals surface area contributed by atoms with E-state index in [1.807, 2.05) is 16.8 Å². The van der Waals surface area contributed by atoms with E-state index in [4.69, 9.17) is 0 Å². The normalized spacial score (nSPS) is 16.5. The van der Waals surface area contributed by atoms with Gasteiger partial charge in [-0.05, 0) is 12.0 Å². The van der Waals surface area contributed by atoms with Crippen LogP contribution in [0.1, 0.15) is 16.1 Å². The van der Waals surface area contributed by atoms with E-state index in [1.54, 1.807) is 0 Å². The number of benzene rings is 1. The van der Waals surface area contributed by atoms with Gasteiger partial charge in [-0.3, -0.25) is 4.90 Å². The maximum atomic E-state index is 4.45. The van der Waals surface area contributed by atoms with Crippen LogP contribution in [0.15, 0.2) is 35.8 Å². The van der Waals surface area contributed by atoms with Gasteiger partial charge in [-0.1, -0.05) is 30.3 Å². The van der Waals surface area contributed by atoms with Crippen LogP contribution in [0.5, 0.6) is 0 Å². The third kappa shape index (κ3) is 2.56. The highest BCUT2D eigenvalue weighted by Crippen LogP contribution is 2.19. The molecule has 3 rings (SSSR count). The van der Waals surface area contributed by atoms with Crippen molar-refractivity contribution in [3.63, 3.8) is 0 Å². The molecule has 2 heterocycles. The van der Waals surface area contributed by atoms with Crippen molar-refractivity contribution < 1.29 is 0 Å². The lowest BCUT2D eigenvalue weighted by atomic mass is 10.2. The van der Waals surface area contributed by atoms with Crippen molar-refractivity contribution in [1.82, 2.24) is 9.88 Å². The first kappa shape index (κ1) is 10.9. The molecule has 3 heteroatoms. The number of hydrogen-bond acceptors (Lipinski definition) is 3. The standard InChI is InChI=1S/C14H16N2S/c1-2-4-12(5-3-1)10-16-8-6-13-14(7-9-16)17-11-15-13/h1-5,11H,6-10H2. The lowest BCUT2D eigenvalue weighted by molar-refractivity contribution is 0.279. The second kappa shape index (κ2) is 4.98. The smallest absolute Gasteiger partial charge is 0.0797 e. The van der Waals surface area contributed by atoms with Gasteiger partial charge < -0.3 is 0 Å². The molecule has 1 aliphatic heterocycles. The predicted octanol–water partition coefficient (Wildman–Crippen LogP) is 2.74. The van der Waals surface area contributed by atoms with Gasteiger partial charge in [-0.25, -0.2) is 4.98 Å². The lowest BCUT2D eigenvalue weighted by Crippen LogP contribution is -2.25. The number of hydrogen-bond donors (Lipinski definition) is 0. The Morgan fingerprint density at radius 2 is 1.94 bits per heavy atom. The minimum Gasteiger partial charge on any atom is -0.298 e. The zero-order valence-corrected chi connectivity index (χ0v) is 10.6. The van der Waals surface area contributed by atoms with Crippen LogP contribution in [-0.2, 0) is 19.4 Å². The van der Waals surface area contributed by atoms with Gasteiger partial charge in [0.15, 0.2) is 0 Å². The summed E-state index contributed by atoms with van der Waals surface area (Å²) in [6.07, 6.45) is 2.26. The molecular formula is C14H16N2S. The molecule has 0 radical (unpaired) electrons. The minimum absolute atomic E-state index is 1.07. The molecule has 0 atom stereocenters. The molecule has 0 unspecified atom stereocenters. The van der Waals surface area contributed by atoms with E-state index in [9.17, 15) is 0 Å². The fourth-order valence-electron chi connectivity index (χ4n) is 2.34. The third-order valence-electron chi connectivity index (χ3n) is 3.29. The van der Waals surface area contributed by atoms with Crippen molar-refractivity contribution in [3.05, 3.63) is 52.0 Å². The summed E-state index contributed by atoms with van der Waals surface area (Å²) in [5.74, 6) is 0. The van der Waals surface area contributed by atoms with Gasteiger partial charge >= 0.3 is 0 Å². The quantitative estimate of drug-likeness (QED) is 0.807. The maximum Gasteiger partial charge on any atom is 0.0797 e. The SMILES string of the molecule is c1ccc(CN2CCc3ncsc3CC2)cc1. The molecule has 1 aromatic carbocycles. The Balaban J connectivity index is 1.66. The van der Waals surface area contributed by atoms with E-state index in [0.717, 1.165) is 32.5 Å². The first-order valence-electron chi connectivity index (χ1n) is 6.09. The second-order valence-electron chi connectivity index (χ2n) is 4.48. The summed E-state index contributed by atoms with van der Waals surface area (Å²) >= 11 is 1.81. The summed E-state index contributed by atoms with van der Waals surface area (Å²) in [6, 6.07) is 10.7. The van der Waals surface area contributed by atoms with Crippen LogP contribution >= 0.6 is 11.3 Å². The van der Waals surface area contributed by atoms with Gasteiger partial charge in [0.1, 0.15) is 0 Å². The summed E-state index contributed by atoms with van der Waals surface area (Å²) in [7, 11) is 0. The topological polar surface area (TPSA) is 16.1 Å². The van der Waals surface area contributed by atoms with Crippen molar-refractivity contribution in [2.75, 3.05) is 13.1 Å². The van der Waals surface area contributed by atoms with Crippen LogP contribution < -0.4 is 0 Å². The van der Waals surface area contributed by atoms with E-state index in [0.29, 0.717) is 0 Å². The highest BCUT2D eigenvalue weighted by molar-refractivity contribution is 7.09. The second-order valence-corrected chi connectivity index (χ2v) is 5.42. The van der Waals surface area contributed by atoms with Crippen molar-refractivity contribution in [3.8, 4) is 0 Å². The lowest BCUT2D eigenvalue weighted by Gasteiger charge is -2.19. The van der Waals surface area contributed by atoms with Gasteiger partial charge in [-0.15, -0.1) is 11.3 Å². The molecule has 1 aromatic heterocycles. The molecule has 2 aromatic rings. The van der Waals surface area contributed by atoms with E-state index >= 15 is 0 Å². The Morgan fingerprint density at radius 3 is 2.82 bits per heavy atom. The van der Waals surface area contributed by atoms with Crippen molar-refractivity contribution >= 4 is 11.3 Å². The van der Waals surface area contributed by atoms with Crippen LogP contribution in [0.4, 0.5) is 0 Å². The molecule has 0 saturated carbocycles. The highest BCUT2D eigenvalue weighted by Gasteiger charge is 2.15. The number of thiazole rings is 1. The predicted molar refractivity (Wildman–Crippen MR) is 71.2 cm³/mol. The summed E-state index contributed by atoms with van der Waals surface area (Å²) in [4.78, 5) is 8.47. The molecule has 0 aliphatic carbocycles. The van der Waals surface area contributed by atoms with Gasteiger partial charge in [-0.2, -0.15) is 0 Å². The molecule has 0 fully saturated rings. The Labute approximate surface area is 106 Å². The zero-order valence-electron chi connectivity index (χ0n) is 9.80. The molecule has 88 valence electrons. The first-order valence-corrected chi connectivity index (χ1v) is 6.97. The first-order chi connectivity index (χ1) is 8.42. The summed E-state index contributed by atoms with van der Waals surface area (Å²) in [5.41, 5.74) is 4.72. The zero-order chi connectivity index (χ0) is 11.5. The largest absolute Gasteiger partial charge is 0.298 e. The molecule has 2 nitrogen and oxygen atoms in total. The van der Waals surface area contributed by atoms with Crippen molar-refractivity contribution in [2.24, 2.45) is 0 Å². The maximum absolute atomic E-state index is 4.45. The average molecular weight is 244 g/mol. The molecular weight excluding hydrogens is 228 g/mol. The van der Waals surface area contributed by atoms with Crippen LogP contribution in [0.2, 0.25) is 0 Å². The summed E-state index contributed by atoms with van der Waals surface area (Å²) < 4.78 is 0. The van der Waals surface area contributed by atoms with Gasteiger partial charge in [0.2, 0.25) is 0 Å². The van der Waals surface area contributed by atoms with E-state index in [-0.39, 0.29) is 0 Å². The number of aromatic nitrogens is 1. The van der Waals surface area contributed by atoms with Crippen molar-refractivity contribution in [2.45, 2.75) is 19.4 Å². The molecule has 17 heavy (non-hydrogen) atoms. The van der Waals surface area contributed by atoms with Crippen LogP contribution in [-0.4, -0.2) is 23.0 Å². The summed E-state index contributed by atoms with van der Waals surface area (Å²) in [6.45, 7) is 3.35. The molecule has 0 amide bonds. The molecule has 0 spiro atoms. The number of nitrogens with zero attached hydrogens (tertiary/aromatic N) is 2. The average Bonchev–Trinajstić information content (AvgIpc) is 2.74. The Morgan fingerprint density at radius 1 is 1.12 bits per heavy atom. The van der Waals surface area contributed by atoms with Gasteiger partial charge in [0.25, 0.3) is 0 Å². The van der Waals surface area contributed by atoms with Crippen LogP contribution in [0.25, 0.3) is 0 Å². The third-order valence-corrected chi connectivity index (χ3v) is 4.23. The van der Waals surface area contributed by atoms with Crippen LogP contribution in [0.3, 0.4) is 0 Å². The number of fused-ring (bicyclic) bond motifs is 1. The molecule has 0 bridgehead atoms. The fraction of sp³-hybridized carbons (Fsp3) is 0.357. The van der Waals surface area contributed by atoms with E-state index in [2.05, 4.69) is 40.2 Å². The van der Waals surface area contributed by atoms with Crippen LogP contribution in [0, 0.1) is 0 Å². The number of rotatable bonds is 2. The molecule has 0 N–H and O–H groups in total. The van der Waals surface area contributed by atoms with E-state index < -0.39 is 0 Å². The van der Waals surface area contributed by atoms with Gasteiger partial charge in [0, 0.05) is 30.9 Å². The Bertz CT molecular complexity index is 455. The monoisotopic (exact) mass is 244 g/mol. The molecule has 0 saturated heterocycles. The minimum atomic E-state index is 1.07. The fourth-order valence-corrected chi connectivity index (χ4v) is 3.14. The highest BCUT2D eigenvalue weighted by atomic mass is 32.1. The van der Waals surface area contributed by atoms with Gasteiger partial charge in [0.05, 0.1) is 11.2 Å².